The second-order valence-electron chi connectivity index (χ2n) is 5.23. The van der Waals surface area contributed by atoms with Gasteiger partial charge in [-0.2, -0.15) is 10.4 Å². The van der Waals surface area contributed by atoms with Crippen molar-refractivity contribution in [1.82, 2.24) is 15.2 Å². The molecule has 1 aromatic carbocycles. The average molecular weight is 306 g/mol. The Morgan fingerprint density at radius 2 is 2.13 bits per heavy atom. The molecule has 2 aromatic heterocycles. The number of H-pyrrole nitrogens is 1. The van der Waals surface area contributed by atoms with Gasteiger partial charge in [0.2, 0.25) is 0 Å². The number of pyridine rings is 1. The molecule has 0 fully saturated rings. The first-order valence-electron chi connectivity index (χ1n) is 7.60. The summed E-state index contributed by atoms with van der Waals surface area (Å²) in [5, 5.41) is 23.7. The summed E-state index contributed by atoms with van der Waals surface area (Å²) < 4.78 is 0. The number of rotatable bonds is 6. The normalized spacial score (nSPS) is 10.4. The monoisotopic (exact) mass is 306 g/mol. The molecule has 0 aliphatic heterocycles. The molecular formula is C17H18N6. The minimum absolute atomic E-state index is 0.549. The zero-order valence-corrected chi connectivity index (χ0v) is 12.9. The van der Waals surface area contributed by atoms with E-state index in [1.54, 1.807) is 6.20 Å². The fourth-order valence-corrected chi connectivity index (χ4v) is 2.45. The summed E-state index contributed by atoms with van der Waals surface area (Å²) in [6.45, 7) is 3.56. The molecular weight excluding hydrogens is 288 g/mol. The van der Waals surface area contributed by atoms with Crippen LogP contribution in [-0.2, 0) is 6.42 Å². The van der Waals surface area contributed by atoms with Gasteiger partial charge in [-0.25, -0.2) is 4.98 Å². The number of anilines is 2. The van der Waals surface area contributed by atoms with Crippen molar-refractivity contribution >= 4 is 22.4 Å². The fraction of sp³-hybridized carbons (Fsp3) is 0.235. The minimum atomic E-state index is 0.549. The van der Waals surface area contributed by atoms with Crippen molar-refractivity contribution in [1.29, 1.82) is 5.26 Å². The van der Waals surface area contributed by atoms with Crippen LogP contribution in [0.2, 0.25) is 0 Å². The van der Waals surface area contributed by atoms with Gasteiger partial charge in [-0.05, 0) is 31.0 Å². The highest BCUT2D eigenvalue weighted by molar-refractivity contribution is 5.78. The number of benzene rings is 1. The molecule has 0 spiro atoms. The Morgan fingerprint density at radius 1 is 1.22 bits per heavy atom. The maximum Gasteiger partial charge on any atom is 0.149 e. The lowest BCUT2D eigenvalue weighted by molar-refractivity contribution is 1.01. The first kappa shape index (κ1) is 14.9. The topological polar surface area (TPSA) is 89.4 Å². The summed E-state index contributed by atoms with van der Waals surface area (Å²) in [5.74, 6) is 0.774. The van der Waals surface area contributed by atoms with Crippen molar-refractivity contribution in [3.05, 3.63) is 47.8 Å². The predicted molar refractivity (Wildman–Crippen MR) is 91.4 cm³/mol. The Bertz CT molecular complexity index is 846. The smallest absolute Gasteiger partial charge is 0.149 e. The Morgan fingerprint density at radius 3 is 2.96 bits per heavy atom. The van der Waals surface area contributed by atoms with Crippen LogP contribution in [0.25, 0.3) is 10.9 Å². The van der Waals surface area contributed by atoms with Crippen molar-refractivity contribution in [2.24, 2.45) is 0 Å². The molecule has 6 nitrogen and oxygen atoms in total. The van der Waals surface area contributed by atoms with Crippen molar-refractivity contribution in [3.8, 4) is 6.07 Å². The molecule has 0 atom stereocenters. The van der Waals surface area contributed by atoms with E-state index in [0.717, 1.165) is 41.9 Å². The third kappa shape index (κ3) is 3.40. The second kappa shape index (κ2) is 6.79. The van der Waals surface area contributed by atoms with Gasteiger partial charge < -0.3 is 10.6 Å². The van der Waals surface area contributed by atoms with Gasteiger partial charge in [0, 0.05) is 24.7 Å². The van der Waals surface area contributed by atoms with Crippen LogP contribution in [0.5, 0.6) is 0 Å². The molecule has 3 rings (SSSR count). The summed E-state index contributed by atoms with van der Waals surface area (Å²) in [4.78, 5) is 4.29. The van der Waals surface area contributed by atoms with Gasteiger partial charge in [0.05, 0.1) is 23.0 Å². The summed E-state index contributed by atoms with van der Waals surface area (Å²) in [5.41, 5.74) is 3.68. The number of hydrogen-bond acceptors (Lipinski definition) is 5. The number of nitrogens with zero attached hydrogens (tertiary/aromatic N) is 3. The van der Waals surface area contributed by atoms with Gasteiger partial charge in [0.25, 0.3) is 0 Å². The lowest BCUT2D eigenvalue weighted by Crippen LogP contribution is -2.09. The molecule has 0 unspecified atom stereocenters. The van der Waals surface area contributed by atoms with E-state index in [1.165, 1.54) is 5.56 Å². The third-order valence-electron chi connectivity index (χ3n) is 3.60. The molecule has 0 saturated carbocycles. The highest BCUT2D eigenvalue weighted by Gasteiger charge is 2.05. The molecule has 0 radical (unpaired) electrons. The van der Waals surface area contributed by atoms with Crippen LogP contribution in [-0.4, -0.2) is 28.3 Å². The molecule has 2 heterocycles. The van der Waals surface area contributed by atoms with Crippen molar-refractivity contribution < 1.29 is 0 Å². The van der Waals surface area contributed by atoms with E-state index < -0.39 is 0 Å². The van der Waals surface area contributed by atoms with Crippen LogP contribution >= 0.6 is 0 Å². The van der Waals surface area contributed by atoms with Crippen LogP contribution in [0, 0.1) is 11.3 Å². The first-order valence-corrected chi connectivity index (χ1v) is 7.60. The summed E-state index contributed by atoms with van der Waals surface area (Å²) in [6, 6.07) is 10.2. The molecule has 116 valence electrons. The van der Waals surface area contributed by atoms with Crippen molar-refractivity contribution in [3.63, 3.8) is 0 Å². The molecule has 0 saturated heterocycles. The summed E-state index contributed by atoms with van der Waals surface area (Å²) in [7, 11) is 0. The van der Waals surface area contributed by atoms with Crippen LogP contribution in [0.15, 0.2) is 36.7 Å². The third-order valence-corrected chi connectivity index (χ3v) is 3.60. The molecule has 0 bridgehead atoms. The van der Waals surface area contributed by atoms with Crippen molar-refractivity contribution in [2.75, 3.05) is 23.7 Å². The largest absolute Gasteiger partial charge is 0.382 e. The molecule has 0 amide bonds. The Hall–Kier alpha value is -3.07. The first-order chi connectivity index (χ1) is 11.3. The van der Waals surface area contributed by atoms with E-state index in [0.29, 0.717) is 5.56 Å². The Kier molecular flexibility index (Phi) is 4.39. The maximum atomic E-state index is 9.02. The Balaban J connectivity index is 1.68. The van der Waals surface area contributed by atoms with E-state index in [-0.39, 0.29) is 0 Å². The van der Waals surface area contributed by atoms with E-state index in [1.807, 2.05) is 19.2 Å². The second-order valence-corrected chi connectivity index (χ2v) is 5.23. The van der Waals surface area contributed by atoms with Crippen molar-refractivity contribution in [2.45, 2.75) is 13.3 Å². The fourth-order valence-electron chi connectivity index (χ4n) is 2.45. The van der Waals surface area contributed by atoms with Gasteiger partial charge >= 0.3 is 0 Å². The highest BCUT2D eigenvalue weighted by atomic mass is 15.1. The number of aromatic amines is 1. The van der Waals surface area contributed by atoms with E-state index in [2.05, 4.69) is 50.1 Å². The quantitative estimate of drug-likeness (QED) is 0.651. The average Bonchev–Trinajstić information content (AvgIpc) is 3.04. The van der Waals surface area contributed by atoms with Gasteiger partial charge in [-0.15, -0.1) is 0 Å². The lowest BCUT2D eigenvalue weighted by Gasteiger charge is -2.12. The van der Waals surface area contributed by atoms with Gasteiger partial charge in [0.1, 0.15) is 11.9 Å². The minimum Gasteiger partial charge on any atom is -0.382 e. The number of nitrogens with one attached hydrogen (secondary N) is 3. The van der Waals surface area contributed by atoms with Crippen LogP contribution in [0.4, 0.5) is 11.5 Å². The molecule has 3 N–H and O–H groups in total. The zero-order chi connectivity index (χ0) is 16.1. The van der Waals surface area contributed by atoms with E-state index in [9.17, 15) is 0 Å². The number of nitriles is 1. The van der Waals surface area contributed by atoms with Crippen LogP contribution in [0.1, 0.15) is 18.1 Å². The standard InChI is InChI=1S/C17H18N6/c1-2-19-17-16(8-13(9-18)10-21-17)20-6-5-12-3-4-14-11-22-23-15(14)7-12/h3-4,7-8,10-11,20H,2,5-6H2,1H3,(H,19,21)(H,22,23). The number of hydrogen-bond donors (Lipinski definition) is 3. The van der Waals surface area contributed by atoms with E-state index in [4.69, 9.17) is 5.26 Å². The molecule has 23 heavy (non-hydrogen) atoms. The summed E-state index contributed by atoms with van der Waals surface area (Å²) in [6.07, 6.45) is 4.27. The molecule has 0 aliphatic rings. The zero-order valence-electron chi connectivity index (χ0n) is 12.9. The molecule has 0 aliphatic carbocycles. The summed E-state index contributed by atoms with van der Waals surface area (Å²) >= 11 is 0. The van der Waals surface area contributed by atoms with E-state index >= 15 is 0 Å². The maximum absolute atomic E-state index is 9.02. The number of aromatic nitrogens is 3. The van der Waals surface area contributed by atoms with Gasteiger partial charge in [0.15, 0.2) is 0 Å². The van der Waals surface area contributed by atoms with Crippen LogP contribution in [0.3, 0.4) is 0 Å². The SMILES string of the molecule is CCNc1ncc(C#N)cc1NCCc1ccc2cn[nH]c2c1. The molecule has 3 aromatic rings. The lowest BCUT2D eigenvalue weighted by atomic mass is 10.1. The van der Waals surface area contributed by atoms with Gasteiger partial charge in [-0.1, -0.05) is 12.1 Å². The number of fused-ring (bicyclic) bond motifs is 1. The van der Waals surface area contributed by atoms with Crippen LogP contribution < -0.4 is 10.6 Å². The van der Waals surface area contributed by atoms with Gasteiger partial charge in [-0.3, -0.25) is 5.10 Å². The molecule has 6 heteroatoms. The predicted octanol–water partition coefficient (Wildman–Crippen LogP) is 2.92. The Labute approximate surface area is 134 Å². The highest BCUT2D eigenvalue weighted by Crippen LogP contribution is 2.20.